The molecule has 10 atom stereocenters. The largest absolute Gasteiger partial charge is 0.469 e. The van der Waals surface area contributed by atoms with Crippen LogP contribution in [0.1, 0.15) is 85.0 Å². The smallest absolute Gasteiger partial charge is 0.305 e. The van der Waals surface area contributed by atoms with E-state index in [0.717, 1.165) is 32.1 Å². The van der Waals surface area contributed by atoms with Crippen LogP contribution < -0.4 is 0 Å². The van der Waals surface area contributed by atoms with Crippen LogP contribution in [-0.2, 0) is 9.53 Å². The second kappa shape index (κ2) is 7.82. The summed E-state index contributed by atoms with van der Waals surface area (Å²) in [6.45, 7) is 7.29. The third kappa shape index (κ3) is 3.46. The van der Waals surface area contributed by atoms with E-state index in [1.807, 2.05) is 0 Å². The number of hydrogen-bond acceptors (Lipinski definition) is 4. The second-order valence-electron chi connectivity index (χ2n) is 11.5. The predicted octanol–water partition coefficient (Wildman–Crippen LogP) is 4.57. The molecule has 4 rings (SSSR count). The molecule has 0 bridgehead atoms. The van der Waals surface area contributed by atoms with Crippen LogP contribution >= 0.6 is 0 Å². The molecule has 0 amide bonds. The molecule has 4 saturated carbocycles. The molecular weight excluding hydrogens is 364 g/mol. The summed E-state index contributed by atoms with van der Waals surface area (Å²) >= 11 is 0. The molecule has 0 aromatic heterocycles. The highest BCUT2D eigenvalue weighted by atomic mass is 16.5. The monoisotopic (exact) mass is 406 g/mol. The number of aliphatic hydroxyl groups is 2. The minimum absolute atomic E-state index is 0.0959. The van der Waals surface area contributed by atoms with Gasteiger partial charge in [-0.05, 0) is 104 Å². The van der Waals surface area contributed by atoms with Crippen molar-refractivity contribution >= 4 is 5.97 Å². The van der Waals surface area contributed by atoms with Crippen molar-refractivity contribution in [3.63, 3.8) is 0 Å². The molecule has 29 heavy (non-hydrogen) atoms. The van der Waals surface area contributed by atoms with Crippen LogP contribution in [0.5, 0.6) is 0 Å². The van der Waals surface area contributed by atoms with Crippen molar-refractivity contribution in [2.45, 2.75) is 97.2 Å². The molecule has 4 nitrogen and oxygen atoms in total. The Labute approximate surface area is 176 Å². The Morgan fingerprint density at radius 2 is 1.72 bits per heavy atom. The van der Waals surface area contributed by atoms with E-state index in [9.17, 15) is 15.0 Å². The molecule has 166 valence electrons. The summed E-state index contributed by atoms with van der Waals surface area (Å²) < 4.78 is 4.86. The van der Waals surface area contributed by atoms with Gasteiger partial charge in [-0.2, -0.15) is 0 Å². The third-order valence-corrected chi connectivity index (χ3v) is 10.4. The van der Waals surface area contributed by atoms with Gasteiger partial charge in [-0.3, -0.25) is 4.79 Å². The van der Waals surface area contributed by atoms with E-state index in [0.29, 0.717) is 47.3 Å². The maximum absolute atomic E-state index is 11.6. The van der Waals surface area contributed by atoms with Crippen LogP contribution in [0.3, 0.4) is 0 Å². The van der Waals surface area contributed by atoms with Gasteiger partial charge < -0.3 is 14.9 Å². The molecule has 0 spiro atoms. The number of rotatable bonds is 4. The standard InChI is InChI=1S/C25H42O4/c1-15(5-8-22(28)29-4)18-6-7-19-23-20(10-12-25(18,19)3)24(2)11-9-17(26)13-16(24)14-21(23)27/h15-21,23,26-27H,5-14H2,1-4H3/t15-,16+,17-,18-,19+,20+,21+,23+,24+,25-/m1/s1. The lowest BCUT2D eigenvalue weighted by Gasteiger charge is -2.62. The maximum atomic E-state index is 11.6. The number of fused-ring (bicyclic) bond motifs is 5. The molecule has 0 heterocycles. The number of methoxy groups -OCH3 is 1. The summed E-state index contributed by atoms with van der Waals surface area (Å²) in [5, 5.41) is 21.5. The van der Waals surface area contributed by atoms with Crippen molar-refractivity contribution in [3.05, 3.63) is 0 Å². The zero-order valence-corrected chi connectivity index (χ0v) is 18.9. The first kappa shape index (κ1) is 21.6. The maximum Gasteiger partial charge on any atom is 0.305 e. The minimum atomic E-state index is -0.211. The van der Waals surface area contributed by atoms with Crippen molar-refractivity contribution in [2.75, 3.05) is 7.11 Å². The predicted molar refractivity (Wildman–Crippen MR) is 113 cm³/mol. The summed E-state index contributed by atoms with van der Waals surface area (Å²) in [6, 6.07) is 0. The van der Waals surface area contributed by atoms with Crippen LogP contribution in [0.15, 0.2) is 0 Å². The molecule has 0 aromatic rings. The number of ether oxygens (including phenoxy) is 1. The highest BCUT2D eigenvalue weighted by Crippen LogP contribution is 2.68. The number of hydrogen-bond donors (Lipinski definition) is 2. The molecule has 4 fully saturated rings. The molecule has 4 heteroatoms. The molecular formula is C25H42O4. The lowest BCUT2D eigenvalue weighted by molar-refractivity contribution is -0.174. The van der Waals surface area contributed by atoms with Crippen molar-refractivity contribution in [1.82, 2.24) is 0 Å². The fraction of sp³-hybridized carbons (Fsp3) is 0.960. The Bertz CT molecular complexity index is 620. The molecule has 0 aromatic carbocycles. The van der Waals surface area contributed by atoms with Crippen LogP contribution in [0, 0.1) is 46.3 Å². The number of aliphatic hydroxyl groups excluding tert-OH is 2. The number of carbonyl (C=O) groups is 1. The fourth-order valence-corrected chi connectivity index (χ4v) is 8.82. The normalized spacial score (nSPS) is 50.2. The Morgan fingerprint density at radius 3 is 2.45 bits per heavy atom. The van der Waals surface area contributed by atoms with Crippen molar-refractivity contribution in [1.29, 1.82) is 0 Å². The van der Waals surface area contributed by atoms with Gasteiger partial charge in [0.1, 0.15) is 0 Å². The zero-order chi connectivity index (χ0) is 21.0. The van der Waals surface area contributed by atoms with E-state index in [1.54, 1.807) is 0 Å². The third-order valence-electron chi connectivity index (χ3n) is 10.4. The summed E-state index contributed by atoms with van der Waals surface area (Å²) in [6.07, 6.45) is 9.80. The van der Waals surface area contributed by atoms with Gasteiger partial charge in [0.2, 0.25) is 0 Å². The average molecular weight is 407 g/mol. The van der Waals surface area contributed by atoms with Gasteiger partial charge in [-0.15, -0.1) is 0 Å². The summed E-state index contributed by atoms with van der Waals surface area (Å²) in [4.78, 5) is 11.6. The number of carbonyl (C=O) groups excluding carboxylic acids is 1. The highest BCUT2D eigenvalue weighted by Gasteiger charge is 2.62. The van der Waals surface area contributed by atoms with Gasteiger partial charge in [0, 0.05) is 6.42 Å². The second-order valence-corrected chi connectivity index (χ2v) is 11.5. The van der Waals surface area contributed by atoms with Crippen LogP contribution in [0.2, 0.25) is 0 Å². The van der Waals surface area contributed by atoms with E-state index in [1.165, 1.54) is 32.8 Å². The average Bonchev–Trinajstić information content (AvgIpc) is 3.04. The van der Waals surface area contributed by atoms with E-state index in [-0.39, 0.29) is 23.6 Å². The SMILES string of the molecule is COC(=O)CC[C@@H](C)[C@H]1CC[C@H]2[C@@H]3[C@@H](O)C[C@@H]4C[C@H](O)CC[C@]4(C)[C@H]3CC[C@]12C. The highest BCUT2D eigenvalue weighted by molar-refractivity contribution is 5.69. The van der Waals surface area contributed by atoms with Crippen LogP contribution in [-0.4, -0.2) is 35.5 Å². The van der Waals surface area contributed by atoms with Gasteiger partial charge in [0.15, 0.2) is 0 Å². The first-order valence-electron chi connectivity index (χ1n) is 12.1. The molecule has 4 aliphatic rings. The minimum Gasteiger partial charge on any atom is -0.469 e. The van der Waals surface area contributed by atoms with Gasteiger partial charge in [-0.1, -0.05) is 20.8 Å². The zero-order valence-electron chi connectivity index (χ0n) is 18.9. The quantitative estimate of drug-likeness (QED) is 0.671. The van der Waals surface area contributed by atoms with E-state index >= 15 is 0 Å². The van der Waals surface area contributed by atoms with E-state index in [4.69, 9.17) is 4.74 Å². The van der Waals surface area contributed by atoms with E-state index < -0.39 is 0 Å². The summed E-state index contributed by atoms with van der Waals surface area (Å²) in [5.41, 5.74) is 0.577. The summed E-state index contributed by atoms with van der Waals surface area (Å²) in [7, 11) is 1.48. The Kier molecular flexibility index (Phi) is 5.83. The topological polar surface area (TPSA) is 66.8 Å². The Balaban J connectivity index is 1.53. The molecule has 2 N–H and O–H groups in total. The van der Waals surface area contributed by atoms with Crippen molar-refractivity contribution in [2.24, 2.45) is 46.3 Å². The van der Waals surface area contributed by atoms with Crippen molar-refractivity contribution < 1.29 is 19.7 Å². The lowest BCUT2D eigenvalue weighted by atomic mass is 9.43. The van der Waals surface area contributed by atoms with Gasteiger partial charge in [-0.25, -0.2) is 0 Å². The molecule has 0 radical (unpaired) electrons. The molecule has 0 unspecified atom stereocenters. The van der Waals surface area contributed by atoms with Crippen LogP contribution in [0.25, 0.3) is 0 Å². The Hall–Kier alpha value is -0.610. The molecule has 0 saturated heterocycles. The lowest BCUT2D eigenvalue weighted by Crippen LogP contribution is -2.58. The van der Waals surface area contributed by atoms with Gasteiger partial charge in [0.05, 0.1) is 19.3 Å². The van der Waals surface area contributed by atoms with Crippen LogP contribution in [0.4, 0.5) is 0 Å². The molecule has 4 aliphatic carbocycles. The molecule has 0 aliphatic heterocycles. The van der Waals surface area contributed by atoms with E-state index in [2.05, 4.69) is 20.8 Å². The first-order chi connectivity index (χ1) is 13.7. The first-order valence-corrected chi connectivity index (χ1v) is 12.1. The van der Waals surface area contributed by atoms with Gasteiger partial charge in [0.25, 0.3) is 0 Å². The number of esters is 1. The summed E-state index contributed by atoms with van der Waals surface area (Å²) in [5.74, 6) is 3.17. The fourth-order valence-electron chi connectivity index (χ4n) is 8.82. The van der Waals surface area contributed by atoms with Crippen molar-refractivity contribution in [3.8, 4) is 0 Å². The van der Waals surface area contributed by atoms with Gasteiger partial charge >= 0.3 is 5.97 Å². The Morgan fingerprint density at radius 1 is 1.03 bits per heavy atom.